The van der Waals surface area contributed by atoms with E-state index in [0.717, 1.165) is 24.2 Å². The minimum absolute atomic E-state index is 0.127. The third kappa shape index (κ3) is 3.04. The molecule has 0 amide bonds. The Labute approximate surface area is 128 Å². The maximum atomic E-state index is 13.1. The van der Waals surface area contributed by atoms with Crippen molar-refractivity contribution >= 4 is 11.6 Å². The molecule has 1 N–H and O–H groups in total. The predicted molar refractivity (Wildman–Crippen MR) is 82.3 cm³/mol. The largest absolute Gasteiger partial charge is 0.489 e. The number of hydrogen-bond acceptors (Lipinski definition) is 2. The maximum Gasteiger partial charge on any atom is 0.141 e. The van der Waals surface area contributed by atoms with Crippen LogP contribution in [0.5, 0.6) is 5.75 Å². The van der Waals surface area contributed by atoms with E-state index in [9.17, 15) is 4.39 Å². The van der Waals surface area contributed by atoms with Gasteiger partial charge in [0.1, 0.15) is 18.2 Å². The molecular formula is C17H17ClFNO. The number of ether oxygens (including phenoxy) is 1. The average molecular weight is 306 g/mol. The van der Waals surface area contributed by atoms with Crippen molar-refractivity contribution < 1.29 is 9.13 Å². The number of aryl methyl sites for hydroxylation is 1. The van der Waals surface area contributed by atoms with Crippen LogP contribution in [-0.4, -0.2) is 7.05 Å². The molecule has 1 unspecified atom stereocenters. The second kappa shape index (κ2) is 6.04. The summed E-state index contributed by atoms with van der Waals surface area (Å²) in [6, 6.07) is 11.3. The molecule has 0 spiro atoms. The molecule has 0 saturated carbocycles. The highest BCUT2D eigenvalue weighted by molar-refractivity contribution is 6.30. The van der Waals surface area contributed by atoms with Crippen molar-refractivity contribution in [3.63, 3.8) is 0 Å². The molecule has 0 fully saturated rings. The molecule has 1 aliphatic rings. The number of fused-ring (bicyclic) bond motifs is 1. The van der Waals surface area contributed by atoms with Crippen LogP contribution < -0.4 is 10.1 Å². The Hall–Kier alpha value is -1.58. The number of nitrogens with one attached hydrogen (secondary N) is 1. The molecule has 2 aromatic rings. The minimum Gasteiger partial charge on any atom is -0.489 e. The first-order valence-corrected chi connectivity index (χ1v) is 7.42. The quantitative estimate of drug-likeness (QED) is 0.911. The van der Waals surface area contributed by atoms with Gasteiger partial charge in [-0.3, -0.25) is 0 Å². The first kappa shape index (κ1) is 14.4. The van der Waals surface area contributed by atoms with Crippen molar-refractivity contribution in [1.82, 2.24) is 5.32 Å². The summed E-state index contributed by atoms with van der Waals surface area (Å²) in [4.78, 5) is 0. The zero-order valence-corrected chi connectivity index (χ0v) is 12.6. The maximum absolute atomic E-state index is 13.1. The number of benzene rings is 2. The Kier molecular flexibility index (Phi) is 4.13. The smallest absolute Gasteiger partial charge is 0.141 e. The van der Waals surface area contributed by atoms with E-state index in [4.69, 9.17) is 16.3 Å². The predicted octanol–water partition coefficient (Wildman–Crippen LogP) is 4.26. The van der Waals surface area contributed by atoms with Gasteiger partial charge in [-0.2, -0.15) is 0 Å². The fraction of sp³-hybridized carbons (Fsp3) is 0.294. The molecule has 1 atom stereocenters. The summed E-state index contributed by atoms with van der Waals surface area (Å²) in [5.74, 6) is 0.432. The van der Waals surface area contributed by atoms with E-state index >= 15 is 0 Å². The highest BCUT2D eigenvalue weighted by atomic mass is 35.5. The van der Waals surface area contributed by atoms with E-state index in [1.54, 1.807) is 12.1 Å². The monoisotopic (exact) mass is 305 g/mol. The van der Waals surface area contributed by atoms with Gasteiger partial charge in [0.2, 0.25) is 0 Å². The lowest BCUT2D eigenvalue weighted by Gasteiger charge is -2.11. The molecular weight excluding hydrogens is 289 g/mol. The van der Waals surface area contributed by atoms with E-state index < -0.39 is 5.82 Å². The molecule has 0 aliphatic heterocycles. The number of halogens is 2. The van der Waals surface area contributed by atoms with Gasteiger partial charge in [-0.15, -0.1) is 0 Å². The first-order chi connectivity index (χ1) is 10.2. The van der Waals surface area contributed by atoms with Crippen LogP contribution in [0.3, 0.4) is 0 Å². The molecule has 0 saturated heterocycles. The Balaban J connectivity index is 1.70. The van der Waals surface area contributed by atoms with Gasteiger partial charge in [-0.1, -0.05) is 23.7 Å². The highest BCUT2D eigenvalue weighted by Gasteiger charge is 2.21. The van der Waals surface area contributed by atoms with Gasteiger partial charge in [0.05, 0.1) is 5.02 Å². The summed E-state index contributed by atoms with van der Waals surface area (Å²) >= 11 is 5.77. The van der Waals surface area contributed by atoms with Crippen molar-refractivity contribution in [3.8, 4) is 5.75 Å². The fourth-order valence-electron chi connectivity index (χ4n) is 2.78. The fourth-order valence-corrected chi connectivity index (χ4v) is 2.98. The second-order valence-electron chi connectivity index (χ2n) is 5.28. The van der Waals surface area contributed by atoms with E-state index in [0.29, 0.717) is 12.6 Å². The third-order valence-corrected chi connectivity index (χ3v) is 4.22. The van der Waals surface area contributed by atoms with Gasteiger partial charge in [0.25, 0.3) is 0 Å². The number of rotatable bonds is 4. The lowest BCUT2D eigenvalue weighted by Crippen LogP contribution is -2.12. The van der Waals surface area contributed by atoms with Gasteiger partial charge in [0, 0.05) is 6.04 Å². The van der Waals surface area contributed by atoms with Gasteiger partial charge >= 0.3 is 0 Å². The lowest BCUT2D eigenvalue weighted by atomic mass is 10.1. The van der Waals surface area contributed by atoms with Crippen LogP contribution in [0.1, 0.15) is 29.2 Å². The summed E-state index contributed by atoms with van der Waals surface area (Å²) in [6.07, 6.45) is 2.20. The van der Waals surface area contributed by atoms with Gasteiger partial charge in [-0.05, 0) is 60.8 Å². The van der Waals surface area contributed by atoms with Gasteiger partial charge in [-0.25, -0.2) is 4.39 Å². The van der Waals surface area contributed by atoms with Crippen LogP contribution >= 0.6 is 11.6 Å². The Bertz CT molecular complexity index is 659. The normalized spacial score (nSPS) is 16.8. The Morgan fingerprint density at radius 1 is 1.29 bits per heavy atom. The van der Waals surface area contributed by atoms with Crippen LogP contribution in [0.15, 0.2) is 36.4 Å². The summed E-state index contributed by atoms with van der Waals surface area (Å²) in [5.41, 5.74) is 3.55. The Morgan fingerprint density at radius 3 is 2.90 bits per heavy atom. The van der Waals surface area contributed by atoms with Crippen LogP contribution in [0.4, 0.5) is 4.39 Å². The molecule has 4 heteroatoms. The summed E-state index contributed by atoms with van der Waals surface area (Å²) < 4.78 is 18.9. The average Bonchev–Trinajstić information content (AvgIpc) is 2.90. The summed E-state index contributed by atoms with van der Waals surface area (Å²) in [6.45, 7) is 0.383. The number of hydrogen-bond donors (Lipinski definition) is 1. The minimum atomic E-state index is -0.406. The molecule has 110 valence electrons. The van der Waals surface area contributed by atoms with Crippen molar-refractivity contribution in [2.24, 2.45) is 0 Å². The van der Waals surface area contributed by atoms with Crippen molar-refractivity contribution in [2.75, 3.05) is 7.05 Å². The lowest BCUT2D eigenvalue weighted by molar-refractivity contribution is 0.306. The van der Waals surface area contributed by atoms with Crippen LogP contribution in [0.2, 0.25) is 5.02 Å². The SMILES string of the molecule is CNC1CCc2cc(OCc3ccc(F)c(Cl)c3)ccc21. The molecule has 0 heterocycles. The summed E-state index contributed by atoms with van der Waals surface area (Å²) in [7, 11) is 1.99. The van der Waals surface area contributed by atoms with Crippen LogP contribution in [0.25, 0.3) is 0 Å². The van der Waals surface area contributed by atoms with Crippen molar-refractivity contribution in [2.45, 2.75) is 25.5 Å². The molecule has 0 aromatic heterocycles. The molecule has 0 bridgehead atoms. The first-order valence-electron chi connectivity index (χ1n) is 7.04. The van der Waals surface area contributed by atoms with Gasteiger partial charge < -0.3 is 10.1 Å². The molecule has 2 nitrogen and oxygen atoms in total. The molecule has 1 aliphatic carbocycles. The van der Waals surface area contributed by atoms with E-state index in [-0.39, 0.29) is 5.02 Å². The van der Waals surface area contributed by atoms with E-state index in [2.05, 4.69) is 17.4 Å². The molecule has 21 heavy (non-hydrogen) atoms. The van der Waals surface area contributed by atoms with E-state index in [1.807, 2.05) is 13.1 Å². The zero-order valence-electron chi connectivity index (χ0n) is 11.8. The Morgan fingerprint density at radius 2 is 2.14 bits per heavy atom. The highest BCUT2D eigenvalue weighted by Crippen LogP contribution is 2.33. The topological polar surface area (TPSA) is 21.3 Å². The van der Waals surface area contributed by atoms with Crippen molar-refractivity contribution in [1.29, 1.82) is 0 Å². The standard InChI is InChI=1S/C17H17ClFNO/c1-20-17-7-3-12-9-13(4-5-14(12)17)21-10-11-2-6-16(19)15(18)8-11/h2,4-6,8-9,17,20H,3,7,10H2,1H3. The van der Waals surface area contributed by atoms with E-state index in [1.165, 1.54) is 17.2 Å². The molecule has 0 radical (unpaired) electrons. The van der Waals surface area contributed by atoms with Crippen LogP contribution in [-0.2, 0) is 13.0 Å². The molecule has 3 rings (SSSR count). The van der Waals surface area contributed by atoms with Gasteiger partial charge in [0.15, 0.2) is 0 Å². The van der Waals surface area contributed by atoms with Crippen molar-refractivity contribution in [3.05, 3.63) is 63.9 Å². The third-order valence-electron chi connectivity index (χ3n) is 3.93. The second-order valence-corrected chi connectivity index (χ2v) is 5.68. The summed E-state index contributed by atoms with van der Waals surface area (Å²) in [5, 5.41) is 3.44. The molecule has 2 aromatic carbocycles. The zero-order chi connectivity index (χ0) is 14.8. The van der Waals surface area contributed by atoms with Crippen LogP contribution in [0, 0.1) is 5.82 Å².